The van der Waals surface area contributed by atoms with E-state index in [1.54, 1.807) is 11.8 Å². The van der Waals surface area contributed by atoms with Gasteiger partial charge in [-0.15, -0.1) is 11.8 Å². The molecule has 0 rings (SSSR count). The number of allylic oxidation sites excluding steroid dienone is 3. The molecule has 0 amide bonds. The molecule has 0 atom stereocenters. The Morgan fingerprint density at radius 3 is 2.58 bits per heavy atom. The third-order valence-corrected chi connectivity index (χ3v) is 1.87. The zero-order valence-corrected chi connectivity index (χ0v) is 9.10. The van der Waals surface area contributed by atoms with Gasteiger partial charge in [0.05, 0.1) is 0 Å². The molecule has 0 aliphatic rings. The van der Waals surface area contributed by atoms with Gasteiger partial charge in [-0.05, 0) is 45.1 Å². The Kier molecular flexibility index (Phi) is 8.73. The topological polar surface area (TPSA) is 3.24 Å². The molecule has 0 radical (unpaired) electrons. The Morgan fingerprint density at radius 1 is 1.25 bits per heavy atom. The SMILES string of the molecule is CS/C=C\C=C\CCCN(C)C. The maximum absolute atomic E-state index is 2.22. The molecule has 0 aliphatic carbocycles. The predicted octanol–water partition coefficient (Wildman–Crippen LogP) is 2.76. The third kappa shape index (κ3) is 9.79. The van der Waals surface area contributed by atoms with Gasteiger partial charge in [0, 0.05) is 0 Å². The molecule has 0 aromatic heterocycles. The van der Waals surface area contributed by atoms with E-state index >= 15 is 0 Å². The molecule has 0 N–H and O–H groups in total. The van der Waals surface area contributed by atoms with Crippen LogP contribution >= 0.6 is 11.8 Å². The van der Waals surface area contributed by atoms with Gasteiger partial charge in [0.1, 0.15) is 0 Å². The number of thioether (sulfide) groups is 1. The summed E-state index contributed by atoms with van der Waals surface area (Å²) in [6.45, 7) is 1.18. The monoisotopic (exact) mass is 185 g/mol. The predicted molar refractivity (Wildman–Crippen MR) is 59.6 cm³/mol. The van der Waals surface area contributed by atoms with E-state index in [4.69, 9.17) is 0 Å². The molecular weight excluding hydrogens is 166 g/mol. The van der Waals surface area contributed by atoms with E-state index in [9.17, 15) is 0 Å². The number of nitrogens with zero attached hydrogens (tertiary/aromatic N) is 1. The van der Waals surface area contributed by atoms with Crippen LogP contribution in [0.5, 0.6) is 0 Å². The lowest BCUT2D eigenvalue weighted by atomic mass is 10.3. The fraction of sp³-hybridized carbons (Fsp3) is 0.600. The number of unbranched alkanes of at least 4 members (excludes halogenated alkanes) is 1. The molecule has 0 saturated heterocycles. The molecule has 0 heterocycles. The minimum Gasteiger partial charge on any atom is -0.309 e. The lowest BCUT2D eigenvalue weighted by Gasteiger charge is -2.06. The number of hydrogen-bond acceptors (Lipinski definition) is 2. The number of rotatable bonds is 6. The molecule has 0 unspecified atom stereocenters. The summed E-state index contributed by atoms with van der Waals surface area (Å²) < 4.78 is 0. The van der Waals surface area contributed by atoms with Crippen LogP contribution in [-0.2, 0) is 0 Å². The fourth-order valence-electron chi connectivity index (χ4n) is 0.824. The van der Waals surface area contributed by atoms with Crippen LogP contribution in [0.1, 0.15) is 12.8 Å². The van der Waals surface area contributed by atoms with Crippen LogP contribution in [0.3, 0.4) is 0 Å². The van der Waals surface area contributed by atoms with Crippen molar-refractivity contribution >= 4 is 11.8 Å². The quantitative estimate of drug-likeness (QED) is 0.462. The first-order chi connectivity index (χ1) is 5.77. The average molecular weight is 185 g/mol. The first-order valence-electron chi connectivity index (χ1n) is 4.26. The second kappa shape index (κ2) is 8.88. The van der Waals surface area contributed by atoms with E-state index in [2.05, 4.69) is 48.9 Å². The van der Waals surface area contributed by atoms with E-state index in [0.717, 1.165) is 0 Å². The summed E-state index contributed by atoms with van der Waals surface area (Å²) in [5.74, 6) is 0. The molecule has 12 heavy (non-hydrogen) atoms. The minimum absolute atomic E-state index is 1.18. The molecular formula is C10H19NS. The van der Waals surface area contributed by atoms with Crippen LogP contribution < -0.4 is 0 Å². The zero-order chi connectivity index (χ0) is 9.23. The van der Waals surface area contributed by atoms with Crippen molar-refractivity contribution in [3.8, 4) is 0 Å². The molecule has 0 saturated carbocycles. The maximum atomic E-state index is 2.22. The molecule has 0 aliphatic heterocycles. The van der Waals surface area contributed by atoms with Crippen LogP contribution in [-0.4, -0.2) is 31.8 Å². The van der Waals surface area contributed by atoms with Gasteiger partial charge in [0.15, 0.2) is 0 Å². The van der Waals surface area contributed by atoms with Crippen LogP contribution in [0.4, 0.5) is 0 Å². The molecule has 2 heteroatoms. The highest BCUT2D eigenvalue weighted by Gasteiger charge is 1.85. The van der Waals surface area contributed by atoms with Gasteiger partial charge in [-0.3, -0.25) is 0 Å². The summed E-state index contributed by atoms with van der Waals surface area (Å²) in [6, 6.07) is 0. The fourth-order valence-corrected chi connectivity index (χ4v) is 1.07. The third-order valence-electron chi connectivity index (χ3n) is 1.44. The summed E-state index contributed by atoms with van der Waals surface area (Å²) in [5.41, 5.74) is 0. The van der Waals surface area contributed by atoms with Gasteiger partial charge in [-0.2, -0.15) is 0 Å². The molecule has 1 nitrogen and oxygen atoms in total. The largest absolute Gasteiger partial charge is 0.309 e. The molecule has 0 spiro atoms. The van der Waals surface area contributed by atoms with Gasteiger partial charge in [-0.25, -0.2) is 0 Å². The van der Waals surface area contributed by atoms with E-state index in [-0.39, 0.29) is 0 Å². The summed E-state index contributed by atoms with van der Waals surface area (Å²) in [4.78, 5) is 2.21. The summed E-state index contributed by atoms with van der Waals surface area (Å²) in [6.07, 6.45) is 10.9. The van der Waals surface area contributed by atoms with Gasteiger partial charge in [0.2, 0.25) is 0 Å². The van der Waals surface area contributed by atoms with E-state index in [1.807, 2.05) is 0 Å². The Bertz CT molecular complexity index is 139. The lowest BCUT2D eigenvalue weighted by molar-refractivity contribution is 0.402. The highest BCUT2D eigenvalue weighted by molar-refractivity contribution is 8.01. The van der Waals surface area contributed by atoms with Crippen molar-refractivity contribution in [2.75, 3.05) is 26.9 Å². The van der Waals surface area contributed by atoms with Gasteiger partial charge in [-0.1, -0.05) is 18.2 Å². The van der Waals surface area contributed by atoms with Crippen molar-refractivity contribution in [1.82, 2.24) is 4.90 Å². The maximum Gasteiger partial charge on any atom is -0.00219 e. The first kappa shape index (κ1) is 11.8. The smallest absolute Gasteiger partial charge is 0.00219 e. The highest BCUT2D eigenvalue weighted by Crippen LogP contribution is 1.96. The summed E-state index contributed by atoms with van der Waals surface area (Å²) in [5, 5.41) is 2.09. The lowest BCUT2D eigenvalue weighted by Crippen LogP contribution is -2.12. The Balaban J connectivity index is 3.19. The summed E-state index contributed by atoms with van der Waals surface area (Å²) in [7, 11) is 4.22. The molecule has 0 aromatic carbocycles. The Labute approximate surface area is 80.5 Å². The molecule has 0 bridgehead atoms. The molecule has 0 aromatic rings. The first-order valence-corrected chi connectivity index (χ1v) is 5.55. The van der Waals surface area contributed by atoms with Crippen molar-refractivity contribution in [3.63, 3.8) is 0 Å². The van der Waals surface area contributed by atoms with Gasteiger partial charge >= 0.3 is 0 Å². The molecule has 70 valence electrons. The standard InChI is InChI=1S/C10H19NS/c1-11(2)9-7-5-4-6-8-10-12-3/h4,6,8,10H,5,7,9H2,1-3H3/b6-4+,10-8-. The Hall–Kier alpha value is -0.210. The van der Waals surface area contributed by atoms with E-state index < -0.39 is 0 Å². The van der Waals surface area contributed by atoms with Crippen molar-refractivity contribution in [2.24, 2.45) is 0 Å². The second-order valence-electron chi connectivity index (χ2n) is 2.94. The van der Waals surface area contributed by atoms with Gasteiger partial charge < -0.3 is 4.90 Å². The Morgan fingerprint density at radius 2 is 2.00 bits per heavy atom. The van der Waals surface area contributed by atoms with Crippen LogP contribution in [0, 0.1) is 0 Å². The zero-order valence-electron chi connectivity index (χ0n) is 8.29. The average Bonchev–Trinajstić information content (AvgIpc) is 2.02. The molecule has 0 fully saturated rings. The summed E-state index contributed by atoms with van der Waals surface area (Å²) >= 11 is 1.73. The van der Waals surface area contributed by atoms with Crippen molar-refractivity contribution in [1.29, 1.82) is 0 Å². The highest BCUT2D eigenvalue weighted by atomic mass is 32.2. The van der Waals surface area contributed by atoms with Crippen molar-refractivity contribution in [3.05, 3.63) is 23.6 Å². The van der Waals surface area contributed by atoms with Crippen LogP contribution in [0.2, 0.25) is 0 Å². The van der Waals surface area contributed by atoms with E-state index in [0.29, 0.717) is 0 Å². The second-order valence-corrected chi connectivity index (χ2v) is 3.68. The minimum atomic E-state index is 1.18. The van der Waals surface area contributed by atoms with Crippen molar-refractivity contribution < 1.29 is 0 Å². The van der Waals surface area contributed by atoms with Gasteiger partial charge in [0.25, 0.3) is 0 Å². The normalized spacial score (nSPS) is 12.3. The van der Waals surface area contributed by atoms with Crippen LogP contribution in [0.25, 0.3) is 0 Å². The van der Waals surface area contributed by atoms with Crippen LogP contribution in [0.15, 0.2) is 23.6 Å². The van der Waals surface area contributed by atoms with E-state index in [1.165, 1.54) is 19.4 Å². The number of hydrogen-bond donors (Lipinski definition) is 0. The van der Waals surface area contributed by atoms with Crippen molar-refractivity contribution in [2.45, 2.75) is 12.8 Å².